The number of halogens is 1. The fraction of sp³-hybridized carbons (Fsp3) is 0.176. The van der Waals surface area contributed by atoms with Crippen molar-refractivity contribution in [1.29, 1.82) is 0 Å². The first kappa shape index (κ1) is 18.4. The highest BCUT2D eigenvalue weighted by molar-refractivity contribution is 6.32. The van der Waals surface area contributed by atoms with Gasteiger partial charge in [-0.2, -0.15) is 0 Å². The lowest BCUT2D eigenvalue weighted by Crippen LogP contribution is -2.25. The molecular weight excluding hydrogens is 346 g/mol. The third-order valence-electron chi connectivity index (χ3n) is 3.33. The lowest BCUT2D eigenvalue weighted by molar-refractivity contribution is -0.384. The van der Waals surface area contributed by atoms with Crippen molar-refractivity contribution >= 4 is 34.8 Å². The van der Waals surface area contributed by atoms with Gasteiger partial charge in [0.1, 0.15) is 5.02 Å². The predicted octanol–water partition coefficient (Wildman–Crippen LogP) is 3.40. The van der Waals surface area contributed by atoms with Gasteiger partial charge in [0, 0.05) is 30.3 Å². The van der Waals surface area contributed by atoms with Crippen LogP contribution in [0.3, 0.4) is 0 Å². The second kappa shape index (κ2) is 8.79. The molecule has 7 nitrogen and oxygen atoms in total. The normalized spacial score (nSPS) is 10.1. The number of nitrogens with zero attached hydrogens (tertiary/aromatic N) is 1. The first-order valence-corrected chi connectivity index (χ1v) is 7.92. The molecule has 0 saturated heterocycles. The number of nitro benzene ring substituents is 1. The number of anilines is 1. The molecule has 25 heavy (non-hydrogen) atoms. The minimum atomic E-state index is -0.614. The minimum Gasteiger partial charge on any atom is -0.352 e. The molecule has 0 aliphatic rings. The fourth-order valence-electron chi connectivity index (χ4n) is 2.10. The van der Waals surface area contributed by atoms with E-state index in [1.54, 1.807) is 24.3 Å². The van der Waals surface area contributed by atoms with Gasteiger partial charge in [-0.15, -0.1) is 0 Å². The molecule has 2 rings (SSSR count). The van der Waals surface area contributed by atoms with E-state index < -0.39 is 4.92 Å². The second-order valence-electron chi connectivity index (χ2n) is 5.20. The van der Waals surface area contributed by atoms with Gasteiger partial charge in [0.25, 0.3) is 11.6 Å². The van der Waals surface area contributed by atoms with Crippen LogP contribution >= 0.6 is 11.6 Å². The lowest BCUT2D eigenvalue weighted by Gasteiger charge is -2.07. The molecule has 0 saturated carbocycles. The Morgan fingerprint density at radius 1 is 1.12 bits per heavy atom. The first-order valence-electron chi connectivity index (χ1n) is 7.54. The summed E-state index contributed by atoms with van der Waals surface area (Å²) in [5.74, 6) is -0.500. The largest absolute Gasteiger partial charge is 0.352 e. The molecule has 0 aliphatic heterocycles. The molecule has 2 aromatic carbocycles. The first-order chi connectivity index (χ1) is 12.0. The summed E-state index contributed by atoms with van der Waals surface area (Å²) in [7, 11) is 0. The van der Waals surface area contributed by atoms with Crippen molar-refractivity contribution in [2.24, 2.45) is 0 Å². The number of hydrogen-bond acceptors (Lipinski definition) is 4. The van der Waals surface area contributed by atoms with E-state index in [9.17, 15) is 19.7 Å². The molecule has 0 radical (unpaired) electrons. The predicted molar refractivity (Wildman–Crippen MR) is 94.7 cm³/mol. The zero-order valence-corrected chi connectivity index (χ0v) is 14.0. The molecule has 2 aromatic rings. The molecule has 8 heteroatoms. The van der Waals surface area contributed by atoms with Crippen molar-refractivity contribution in [3.63, 3.8) is 0 Å². The minimum absolute atomic E-state index is 0.00613. The maximum Gasteiger partial charge on any atom is 0.289 e. The number of carbonyl (C=O) groups is 2. The van der Waals surface area contributed by atoms with Gasteiger partial charge in [-0.25, -0.2) is 0 Å². The summed E-state index contributed by atoms with van der Waals surface area (Å²) in [6.07, 6.45) is 0.617. The molecule has 0 aromatic heterocycles. The Morgan fingerprint density at radius 2 is 1.84 bits per heavy atom. The SMILES string of the molecule is O=C(CCCNC(=O)c1ccccc1)Nc1ccc(Cl)c([N+](=O)[O-])c1. The Bertz CT molecular complexity index is 781. The average Bonchev–Trinajstić information content (AvgIpc) is 2.60. The topological polar surface area (TPSA) is 101 Å². The quantitative estimate of drug-likeness (QED) is 0.448. The number of nitrogens with one attached hydrogen (secondary N) is 2. The zero-order chi connectivity index (χ0) is 18.2. The van der Waals surface area contributed by atoms with Gasteiger partial charge in [0.05, 0.1) is 4.92 Å². The van der Waals surface area contributed by atoms with Crippen molar-refractivity contribution in [1.82, 2.24) is 5.32 Å². The molecule has 0 fully saturated rings. The molecule has 0 spiro atoms. The summed E-state index contributed by atoms with van der Waals surface area (Å²) >= 11 is 5.72. The van der Waals surface area contributed by atoms with Crippen LogP contribution in [0.5, 0.6) is 0 Å². The van der Waals surface area contributed by atoms with Gasteiger partial charge in [0.2, 0.25) is 5.91 Å². The Balaban J connectivity index is 1.77. The Labute approximate surface area is 149 Å². The highest BCUT2D eigenvalue weighted by atomic mass is 35.5. The molecule has 130 valence electrons. The van der Waals surface area contributed by atoms with Gasteiger partial charge in [0.15, 0.2) is 0 Å². The summed E-state index contributed by atoms with van der Waals surface area (Å²) in [4.78, 5) is 33.9. The summed E-state index contributed by atoms with van der Waals surface area (Å²) < 4.78 is 0. The molecule has 0 bridgehead atoms. The van der Waals surface area contributed by atoms with Crippen molar-refractivity contribution in [2.75, 3.05) is 11.9 Å². The number of amides is 2. The number of benzene rings is 2. The molecule has 0 aliphatic carbocycles. The van der Waals surface area contributed by atoms with Crippen LogP contribution in [-0.4, -0.2) is 23.3 Å². The summed E-state index contributed by atoms with van der Waals surface area (Å²) in [5.41, 5.74) is 0.587. The van der Waals surface area contributed by atoms with Crippen molar-refractivity contribution in [3.05, 3.63) is 69.2 Å². The molecule has 0 atom stereocenters. The molecular formula is C17H16ClN3O4. The van der Waals surface area contributed by atoms with Crippen LogP contribution < -0.4 is 10.6 Å². The fourth-order valence-corrected chi connectivity index (χ4v) is 2.28. The zero-order valence-electron chi connectivity index (χ0n) is 13.2. The van der Waals surface area contributed by atoms with Crippen LogP contribution in [-0.2, 0) is 4.79 Å². The van der Waals surface area contributed by atoms with Crippen LogP contribution in [0, 0.1) is 10.1 Å². The smallest absolute Gasteiger partial charge is 0.289 e. The Kier molecular flexibility index (Phi) is 6.47. The third kappa shape index (κ3) is 5.58. The monoisotopic (exact) mass is 361 g/mol. The molecule has 0 heterocycles. The van der Waals surface area contributed by atoms with Crippen LogP contribution in [0.15, 0.2) is 48.5 Å². The highest BCUT2D eigenvalue weighted by Gasteiger charge is 2.14. The maximum absolute atomic E-state index is 11.9. The van der Waals surface area contributed by atoms with Crippen LogP contribution in [0.1, 0.15) is 23.2 Å². The van der Waals surface area contributed by atoms with Crippen LogP contribution in [0.25, 0.3) is 0 Å². The standard InChI is InChI=1S/C17H16ClN3O4/c18-14-9-8-13(11-15(14)21(24)25)20-16(22)7-4-10-19-17(23)12-5-2-1-3-6-12/h1-3,5-6,8-9,11H,4,7,10H2,(H,19,23)(H,20,22). The van der Waals surface area contributed by atoms with E-state index in [1.807, 2.05) is 6.07 Å². The van der Waals surface area contributed by atoms with Crippen molar-refractivity contribution < 1.29 is 14.5 Å². The van der Waals surface area contributed by atoms with Gasteiger partial charge in [-0.3, -0.25) is 19.7 Å². The van der Waals surface area contributed by atoms with Gasteiger partial charge >= 0.3 is 0 Å². The second-order valence-corrected chi connectivity index (χ2v) is 5.60. The lowest BCUT2D eigenvalue weighted by atomic mass is 10.2. The van der Waals surface area contributed by atoms with Gasteiger partial charge in [-0.05, 0) is 30.7 Å². The molecule has 0 unspecified atom stereocenters. The third-order valence-corrected chi connectivity index (χ3v) is 3.65. The Morgan fingerprint density at radius 3 is 2.52 bits per heavy atom. The summed E-state index contributed by atoms with van der Waals surface area (Å²) in [5, 5.41) is 16.1. The van der Waals surface area contributed by atoms with Crippen LogP contribution in [0.4, 0.5) is 11.4 Å². The number of rotatable bonds is 7. The summed E-state index contributed by atoms with van der Waals surface area (Å²) in [6, 6.07) is 12.8. The van der Waals surface area contributed by atoms with E-state index in [4.69, 9.17) is 11.6 Å². The van der Waals surface area contributed by atoms with Crippen LogP contribution in [0.2, 0.25) is 5.02 Å². The van der Waals surface area contributed by atoms with E-state index in [1.165, 1.54) is 18.2 Å². The summed E-state index contributed by atoms with van der Waals surface area (Å²) in [6.45, 7) is 0.349. The van der Waals surface area contributed by atoms with E-state index in [0.717, 1.165) is 0 Å². The van der Waals surface area contributed by atoms with Gasteiger partial charge < -0.3 is 10.6 Å². The number of carbonyl (C=O) groups excluding carboxylic acids is 2. The van der Waals surface area contributed by atoms with Crippen molar-refractivity contribution in [2.45, 2.75) is 12.8 Å². The van der Waals surface area contributed by atoms with E-state index in [2.05, 4.69) is 10.6 Å². The highest BCUT2D eigenvalue weighted by Crippen LogP contribution is 2.27. The van der Waals surface area contributed by atoms with E-state index >= 15 is 0 Å². The Hall–Kier alpha value is -2.93. The maximum atomic E-state index is 11.9. The number of hydrogen-bond donors (Lipinski definition) is 2. The van der Waals surface area contributed by atoms with E-state index in [0.29, 0.717) is 24.2 Å². The van der Waals surface area contributed by atoms with Crippen molar-refractivity contribution in [3.8, 4) is 0 Å². The average molecular weight is 362 g/mol. The number of nitro groups is 1. The molecule has 2 amide bonds. The van der Waals surface area contributed by atoms with Gasteiger partial charge in [-0.1, -0.05) is 29.8 Å². The molecule has 2 N–H and O–H groups in total. The van der Waals surface area contributed by atoms with E-state index in [-0.39, 0.29) is 28.9 Å².